The van der Waals surface area contributed by atoms with Gasteiger partial charge >= 0.3 is 6.18 Å². The van der Waals surface area contributed by atoms with Crippen molar-refractivity contribution < 1.29 is 17.4 Å². The van der Waals surface area contributed by atoms with Crippen LogP contribution in [0.4, 0.5) is 19.0 Å². The molecule has 1 rings (SSSR count). The van der Waals surface area contributed by atoms with Gasteiger partial charge < -0.3 is 5.32 Å². The molecule has 0 bridgehead atoms. The molecule has 0 amide bonds. The van der Waals surface area contributed by atoms with Gasteiger partial charge in [0.15, 0.2) is 0 Å². The summed E-state index contributed by atoms with van der Waals surface area (Å²) in [5, 5.41) is 2.63. The maximum atomic E-state index is 12.8. The van der Waals surface area contributed by atoms with Crippen molar-refractivity contribution >= 4 is 32.5 Å². The Kier molecular flexibility index (Phi) is 5.15. The van der Waals surface area contributed by atoms with Crippen molar-refractivity contribution in [2.45, 2.75) is 19.1 Å². The smallest absolute Gasteiger partial charge is 0.366 e. The molecular formula is C10H12BrF3N2OS. The fourth-order valence-electron chi connectivity index (χ4n) is 1.40. The molecule has 0 aliphatic heterocycles. The van der Waals surface area contributed by atoms with Crippen LogP contribution in [0.15, 0.2) is 16.7 Å². The average Bonchev–Trinajstić information content (AvgIpc) is 2.17. The van der Waals surface area contributed by atoms with Crippen LogP contribution in [0, 0.1) is 0 Å². The van der Waals surface area contributed by atoms with Crippen LogP contribution in [-0.2, 0) is 17.0 Å². The molecule has 3 nitrogen and oxygen atoms in total. The van der Waals surface area contributed by atoms with Gasteiger partial charge in [0.25, 0.3) is 0 Å². The van der Waals surface area contributed by atoms with Gasteiger partial charge in [-0.1, -0.05) is 0 Å². The predicted octanol–water partition coefficient (Wildman–Crippen LogP) is 3.04. The molecule has 18 heavy (non-hydrogen) atoms. The van der Waals surface area contributed by atoms with Crippen molar-refractivity contribution in [1.29, 1.82) is 0 Å². The highest BCUT2D eigenvalue weighted by atomic mass is 79.9. The van der Waals surface area contributed by atoms with Crippen LogP contribution >= 0.6 is 15.9 Å². The molecule has 1 aromatic rings. The first kappa shape index (κ1) is 15.4. The lowest BCUT2D eigenvalue weighted by Crippen LogP contribution is -2.25. The molecule has 0 aliphatic rings. The van der Waals surface area contributed by atoms with Crippen molar-refractivity contribution in [2.24, 2.45) is 0 Å². The van der Waals surface area contributed by atoms with E-state index in [2.05, 4.69) is 26.2 Å². The quantitative estimate of drug-likeness (QED) is 0.912. The molecular weight excluding hydrogens is 333 g/mol. The lowest BCUT2D eigenvalue weighted by Gasteiger charge is -2.17. The minimum absolute atomic E-state index is 0.247. The molecule has 0 fully saturated rings. The minimum Gasteiger partial charge on any atom is -0.366 e. The van der Waals surface area contributed by atoms with E-state index in [1.807, 2.05) is 0 Å². The number of pyridine rings is 1. The van der Waals surface area contributed by atoms with Crippen molar-refractivity contribution in [3.05, 3.63) is 22.3 Å². The van der Waals surface area contributed by atoms with Gasteiger partial charge in [0.2, 0.25) is 0 Å². The fourth-order valence-corrected chi connectivity index (χ4v) is 2.52. The SMILES string of the molecule is CC(CS(C)=O)Nc1ncc(Br)cc1C(F)(F)F. The lowest BCUT2D eigenvalue weighted by molar-refractivity contribution is -0.137. The van der Waals surface area contributed by atoms with E-state index in [1.165, 1.54) is 12.5 Å². The zero-order chi connectivity index (χ0) is 13.9. The maximum Gasteiger partial charge on any atom is 0.419 e. The zero-order valence-corrected chi connectivity index (χ0v) is 12.1. The van der Waals surface area contributed by atoms with E-state index in [9.17, 15) is 17.4 Å². The summed E-state index contributed by atoms with van der Waals surface area (Å²) >= 11 is 2.96. The first-order valence-corrected chi connectivity index (χ1v) is 7.51. The highest BCUT2D eigenvalue weighted by molar-refractivity contribution is 9.10. The van der Waals surface area contributed by atoms with Gasteiger partial charge in [-0.25, -0.2) is 4.98 Å². The maximum absolute atomic E-state index is 12.8. The molecule has 8 heteroatoms. The molecule has 0 spiro atoms. The Bertz CT molecular complexity index is 453. The summed E-state index contributed by atoms with van der Waals surface area (Å²) in [5.74, 6) is 0.0123. The Labute approximate surface area is 114 Å². The number of hydrogen-bond acceptors (Lipinski definition) is 3. The van der Waals surface area contributed by atoms with E-state index in [1.54, 1.807) is 6.92 Å². The molecule has 0 aliphatic carbocycles. The van der Waals surface area contributed by atoms with E-state index in [4.69, 9.17) is 0 Å². The number of aromatic nitrogens is 1. The summed E-state index contributed by atoms with van der Waals surface area (Å²) < 4.78 is 49.6. The molecule has 2 unspecified atom stereocenters. The highest BCUT2D eigenvalue weighted by Crippen LogP contribution is 2.35. The molecule has 1 aromatic heterocycles. The highest BCUT2D eigenvalue weighted by Gasteiger charge is 2.35. The van der Waals surface area contributed by atoms with Crippen LogP contribution in [0.2, 0.25) is 0 Å². The number of anilines is 1. The number of nitrogens with one attached hydrogen (secondary N) is 1. The van der Waals surface area contributed by atoms with E-state index in [0.29, 0.717) is 0 Å². The summed E-state index contributed by atoms with van der Waals surface area (Å²) in [6.45, 7) is 1.66. The van der Waals surface area contributed by atoms with Crippen molar-refractivity contribution in [2.75, 3.05) is 17.3 Å². The number of hydrogen-bond donors (Lipinski definition) is 1. The number of alkyl halides is 3. The fraction of sp³-hybridized carbons (Fsp3) is 0.500. The summed E-state index contributed by atoms with van der Waals surface area (Å²) in [5.41, 5.74) is -0.842. The van der Waals surface area contributed by atoms with Crippen LogP contribution in [0.3, 0.4) is 0 Å². The second-order valence-corrected chi connectivity index (χ2v) is 6.23. The summed E-state index contributed by atoms with van der Waals surface area (Å²) in [4.78, 5) is 3.72. The van der Waals surface area contributed by atoms with E-state index in [0.717, 1.165) is 6.07 Å². The van der Waals surface area contributed by atoms with Gasteiger partial charge in [-0.15, -0.1) is 0 Å². The van der Waals surface area contributed by atoms with E-state index in [-0.39, 0.29) is 22.1 Å². The minimum atomic E-state index is -4.48. The van der Waals surface area contributed by atoms with Crippen molar-refractivity contribution in [3.63, 3.8) is 0 Å². The van der Waals surface area contributed by atoms with Gasteiger partial charge in [0, 0.05) is 39.5 Å². The van der Waals surface area contributed by atoms with Crippen LogP contribution in [-0.4, -0.2) is 27.2 Å². The second kappa shape index (κ2) is 6.01. The molecule has 2 atom stereocenters. The second-order valence-electron chi connectivity index (χ2n) is 3.83. The molecule has 0 aromatic carbocycles. The van der Waals surface area contributed by atoms with Gasteiger partial charge in [-0.3, -0.25) is 4.21 Å². The Balaban J connectivity index is 2.98. The van der Waals surface area contributed by atoms with Crippen LogP contribution in [0.25, 0.3) is 0 Å². The molecule has 0 saturated carbocycles. The average molecular weight is 345 g/mol. The number of rotatable bonds is 4. The van der Waals surface area contributed by atoms with E-state index < -0.39 is 22.5 Å². The third-order valence-electron chi connectivity index (χ3n) is 2.03. The van der Waals surface area contributed by atoms with Gasteiger partial charge in [0.05, 0.1) is 5.56 Å². The largest absolute Gasteiger partial charge is 0.419 e. The topological polar surface area (TPSA) is 42.0 Å². The molecule has 1 heterocycles. The molecule has 102 valence electrons. The monoisotopic (exact) mass is 344 g/mol. The lowest BCUT2D eigenvalue weighted by atomic mass is 10.2. The number of nitrogens with zero attached hydrogens (tertiary/aromatic N) is 1. The van der Waals surface area contributed by atoms with Gasteiger partial charge in [0.1, 0.15) is 5.82 Å². The molecule has 0 saturated heterocycles. The zero-order valence-electron chi connectivity index (χ0n) is 9.71. The standard InChI is InChI=1S/C10H12BrF3N2OS/c1-6(5-18(2)17)16-9-8(10(12,13)14)3-7(11)4-15-9/h3-4,6H,5H2,1-2H3,(H,15,16). The normalized spacial score (nSPS) is 15.2. The van der Waals surface area contributed by atoms with Crippen LogP contribution < -0.4 is 5.32 Å². The predicted molar refractivity (Wildman–Crippen MR) is 69.0 cm³/mol. The third-order valence-corrected chi connectivity index (χ3v) is 3.43. The third kappa shape index (κ3) is 4.56. The molecule has 1 N–H and O–H groups in total. The van der Waals surface area contributed by atoms with Gasteiger partial charge in [-0.05, 0) is 28.9 Å². The van der Waals surface area contributed by atoms with Crippen LogP contribution in [0.5, 0.6) is 0 Å². The van der Waals surface area contributed by atoms with Crippen molar-refractivity contribution in [1.82, 2.24) is 4.98 Å². The van der Waals surface area contributed by atoms with Crippen LogP contribution in [0.1, 0.15) is 12.5 Å². The van der Waals surface area contributed by atoms with E-state index >= 15 is 0 Å². The first-order chi connectivity index (χ1) is 8.20. The Morgan fingerprint density at radius 3 is 2.67 bits per heavy atom. The summed E-state index contributed by atoms with van der Waals surface area (Å²) in [7, 11) is -1.08. The number of halogens is 4. The van der Waals surface area contributed by atoms with Crippen molar-refractivity contribution in [3.8, 4) is 0 Å². The van der Waals surface area contributed by atoms with Gasteiger partial charge in [-0.2, -0.15) is 13.2 Å². The first-order valence-electron chi connectivity index (χ1n) is 4.99. The summed E-state index contributed by atoms with van der Waals surface area (Å²) in [6, 6.07) is 0.607. The molecule has 0 radical (unpaired) electrons. The Hall–Kier alpha value is -0.630. The summed E-state index contributed by atoms with van der Waals surface area (Å²) in [6.07, 6.45) is -1.70. The Morgan fingerprint density at radius 1 is 1.56 bits per heavy atom. The Morgan fingerprint density at radius 2 is 2.17 bits per heavy atom.